The van der Waals surface area contributed by atoms with Crippen LogP contribution in [0, 0.1) is 17.0 Å². The van der Waals surface area contributed by atoms with E-state index in [0.717, 1.165) is 5.56 Å². The summed E-state index contributed by atoms with van der Waals surface area (Å²) >= 11 is 0. The van der Waals surface area contributed by atoms with Crippen LogP contribution >= 0.6 is 0 Å². The van der Waals surface area contributed by atoms with Crippen LogP contribution in [0.25, 0.3) is 6.08 Å². The molecule has 102 valence electrons. The lowest BCUT2D eigenvalue weighted by atomic mass is 10.1. The summed E-state index contributed by atoms with van der Waals surface area (Å²) in [5.74, 6) is -0.0765. The number of hydrogen-bond acceptors (Lipinski definition) is 4. The molecule has 0 saturated heterocycles. The van der Waals surface area contributed by atoms with Crippen molar-refractivity contribution in [1.82, 2.24) is 5.32 Å². The quantitative estimate of drug-likeness (QED) is 0.367. The van der Waals surface area contributed by atoms with E-state index in [0.29, 0.717) is 18.5 Å². The molecule has 0 aromatic heterocycles. The highest BCUT2D eigenvalue weighted by molar-refractivity contribution is 5.72. The van der Waals surface area contributed by atoms with Gasteiger partial charge in [-0.2, -0.15) is 0 Å². The highest BCUT2D eigenvalue weighted by Gasteiger charge is 2.13. The molecule has 1 aromatic rings. The Morgan fingerprint density at radius 2 is 2.21 bits per heavy atom. The lowest BCUT2D eigenvalue weighted by Gasteiger charge is -2.03. The summed E-state index contributed by atoms with van der Waals surface area (Å²) in [5, 5.41) is 13.5. The van der Waals surface area contributed by atoms with Crippen LogP contribution in [-0.4, -0.2) is 17.4 Å². The zero-order chi connectivity index (χ0) is 14.4. The molecule has 3 N–H and O–H groups in total. The molecule has 6 nitrogen and oxygen atoms in total. The molecule has 0 radical (unpaired) electrons. The molecule has 0 atom stereocenters. The maximum Gasteiger partial charge on any atom is 0.292 e. The van der Waals surface area contributed by atoms with Gasteiger partial charge < -0.3 is 11.1 Å². The standard InChI is InChI=1S/C13H17N3O3/c1-9-7-11(5-3-4-6-15-10(2)17)8-12(13(9)14)16(18)19/h3,5,7-8H,4,6,14H2,1-2H3,(H,15,17). The second-order valence-electron chi connectivity index (χ2n) is 4.20. The van der Waals surface area contributed by atoms with Gasteiger partial charge in [-0.15, -0.1) is 0 Å². The Morgan fingerprint density at radius 1 is 1.53 bits per heavy atom. The lowest BCUT2D eigenvalue weighted by molar-refractivity contribution is -0.383. The molecule has 0 saturated carbocycles. The molecule has 0 aliphatic rings. The van der Waals surface area contributed by atoms with Crippen LogP contribution in [0.3, 0.4) is 0 Å². The average Bonchev–Trinajstić information content (AvgIpc) is 2.32. The number of nitrogens with two attached hydrogens (primary N) is 1. The first-order valence-corrected chi connectivity index (χ1v) is 5.87. The van der Waals surface area contributed by atoms with Crippen molar-refractivity contribution in [2.45, 2.75) is 20.3 Å². The van der Waals surface area contributed by atoms with Crippen molar-refractivity contribution in [3.05, 3.63) is 39.4 Å². The number of carbonyl (C=O) groups is 1. The van der Waals surface area contributed by atoms with E-state index in [4.69, 9.17) is 5.73 Å². The molecule has 0 unspecified atom stereocenters. The van der Waals surface area contributed by atoms with Gasteiger partial charge in [0.1, 0.15) is 5.69 Å². The number of nitro benzene ring substituents is 1. The van der Waals surface area contributed by atoms with Crippen LogP contribution in [-0.2, 0) is 4.79 Å². The highest BCUT2D eigenvalue weighted by atomic mass is 16.6. The number of hydrogen-bond donors (Lipinski definition) is 2. The van der Waals surface area contributed by atoms with Crippen LogP contribution in [0.2, 0.25) is 0 Å². The van der Waals surface area contributed by atoms with E-state index in [2.05, 4.69) is 5.32 Å². The molecule has 0 spiro atoms. The number of carbonyl (C=O) groups excluding carboxylic acids is 1. The van der Waals surface area contributed by atoms with E-state index < -0.39 is 4.92 Å². The molecule has 6 heteroatoms. The molecule has 0 aliphatic heterocycles. The monoisotopic (exact) mass is 263 g/mol. The second-order valence-corrected chi connectivity index (χ2v) is 4.20. The zero-order valence-corrected chi connectivity index (χ0v) is 11.0. The van der Waals surface area contributed by atoms with Crippen LogP contribution < -0.4 is 11.1 Å². The average molecular weight is 263 g/mol. The third-order valence-corrected chi connectivity index (χ3v) is 2.58. The summed E-state index contributed by atoms with van der Waals surface area (Å²) in [7, 11) is 0. The van der Waals surface area contributed by atoms with Gasteiger partial charge in [0.2, 0.25) is 5.91 Å². The van der Waals surface area contributed by atoms with E-state index in [9.17, 15) is 14.9 Å². The molecule has 0 aliphatic carbocycles. The van der Waals surface area contributed by atoms with E-state index in [1.165, 1.54) is 13.0 Å². The van der Waals surface area contributed by atoms with Gasteiger partial charge >= 0.3 is 0 Å². The zero-order valence-electron chi connectivity index (χ0n) is 11.0. The first-order valence-electron chi connectivity index (χ1n) is 5.87. The third kappa shape index (κ3) is 4.42. The van der Waals surface area contributed by atoms with Gasteiger partial charge in [0.25, 0.3) is 5.69 Å². The number of amides is 1. The molecule has 0 fully saturated rings. The van der Waals surface area contributed by atoms with Crippen molar-refractivity contribution >= 4 is 23.4 Å². The van der Waals surface area contributed by atoms with Crippen molar-refractivity contribution in [3.63, 3.8) is 0 Å². The summed E-state index contributed by atoms with van der Waals surface area (Å²) in [5.41, 5.74) is 7.16. The fourth-order valence-corrected chi connectivity index (χ4v) is 1.61. The minimum atomic E-state index is -0.489. The van der Waals surface area contributed by atoms with Gasteiger partial charge in [-0.3, -0.25) is 14.9 Å². The lowest BCUT2D eigenvalue weighted by Crippen LogP contribution is -2.20. The van der Waals surface area contributed by atoms with Crippen molar-refractivity contribution in [3.8, 4) is 0 Å². The number of rotatable bonds is 5. The molecule has 19 heavy (non-hydrogen) atoms. The Hall–Kier alpha value is -2.37. The number of benzene rings is 1. The number of nitro groups is 1. The van der Waals surface area contributed by atoms with Crippen LogP contribution in [0.5, 0.6) is 0 Å². The van der Waals surface area contributed by atoms with Gasteiger partial charge in [-0.1, -0.05) is 12.2 Å². The van der Waals surface area contributed by atoms with Gasteiger partial charge in [-0.05, 0) is 30.5 Å². The fourth-order valence-electron chi connectivity index (χ4n) is 1.61. The Morgan fingerprint density at radius 3 is 2.79 bits per heavy atom. The molecular formula is C13H17N3O3. The van der Waals surface area contributed by atoms with Gasteiger partial charge in [0.05, 0.1) is 4.92 Å². The SMILES string of the molecule is CC(=O)NCCC=Cc1cc(C)c(N)c([N+](=O)[O-])c1. The highest BCUT2D eigenvalue weighted by Crippen LogP contribution is 2.27. The topological polar surface area (TPSA) is 98.3 Å². The first-order chi connectivity index (χ1) is 8.91. The smallest absolute Gasteiger partial charge is 0.292 e. The van der Waals surface area contributed by atoms with Crippen molar-refractivity contribution in [1.29, 1.82) is 0 Å². The summed E-state index contributed by atoms with van der Waals surface area (Å²) in [6.45, 7) is 3.73. The Balaban J connectivity index is 2.76. The summed E-state index contributed by atoms with van der Waals surface area (Å²) < 4.78 is 0. The molecule has 1 rings (SSSR count). The summed E-state index contributed by atoms with van der Waals surface area (Å²) in [6, 6.07) is 3.23. The van der Waals surface area contributed by atoms with E-state index >= 15 is 0 Å². The largest absolute Gasteiger partial charge is 0.393 e. The maximum absolute atomic E-state index is 10.8. The van der Waals surface area contributed by atoms with Gasteiger partial charge in [0, 0.05) is 19.5 Å². The second kappa shape index (κ2) is 6.53. The predicted octanol–water partition coefficient (Wildman–Crippen LogP) is 2.02. The third-order valence-electron chi connectivity index (χ3n) is 2.58. The Kier molecular flexibility index (Phi) is 5.05. The molecule has 0 heterocycles. The Labute approximate surface area is 111 Å². The molecule has 1 aromatic carbocycles. The van der Waals surface area contributed by atoms with Crippen LogP contribution in [0.4, 0.5) is 11.4 Å². The van der Waals surface area contributed by atoms with Gasteiger partial charge in [-0.25, -0.2) is 0 Å². The van der Waals surface area contributed by atoms with E-state index in [-0.39, 0.29) is 17.3 Å². The van der Waals surface area contributed by atoms with Gasteiger partial charge in [0.15, 0.2) is 0 Å². The van der Waals surface area contributed by atoms with E-state index in [1.807, 2.05) is 6.08 Å². The molecular weight excluding hydrogens is 246 g/mol. The van der Waals surface area contributed by atoms with Crippen molar-refractivity contribution in [2.24, 2.45) is 0 Å². The summed E-state index contributed by atoms with van der Waals surface area (Å²) in [6.07, 6.45) is 4.29. The number of anilines is 1. The van der Waals surface area contributed by atoms with Crippen LogP contribution in [0.1, 0.15) is 24.5 Å². The maximum atomic E-state index is 10.8. The first kappa shape index (κ1) is 14.7. The van der Waals surface area contributed by atoms with Crippen molar-refractivity contribution in [2.75, 3.05) is 12.3 Å². The fraction of sp³-hybridized carbons (Fsp3) is 0.308. The number of aryl methyl sites for hydroxylation is 1. The number of nitrogens with zero attached hydrogens (tertiary/aromatic N) is 1. The molecule has 0 bridgehead atoms. The van der Waals surface area contributed by atoms with Crippen molar-refractivity contribution < 1.29 is 9.72 Å². The number of nitrogen functional groups attached to an aromatic ring is 1. The summed E-state index contributed by atoms with van der Waals surface area (Å²) in [4.78, 5) is 21.0. The minimum absolute atomic E-state index is 0.0765. The van der Waals surface area contributed by atoms with Crippen LogP contribution in [0.15, 0.2) is 18.2 Å². The Bertz CT molecular complexity index is 524. The number of nitrogens with one attached hydrogen (secondary N) is 1. The predicted molar refractivity (Wildman–Crippen MR) is 74.6 cm³/mol. The molecule has 1 amide bonds. The minimum Gasteiger partial charge on any atom is -0.393 e. The normalized spacial score (nSPS) is 10.6. The van der Waals surface area contributed by atoms with E-state index in [1.54, 1.807) is 19.1 Å².